The van der Waals surface area contributed by atoms with E-state index >= 15 is 0 Å². The van der Waals surface area contributed by atoms with Crippen LogP contribution in [0.5, 0.6) is 0 Å². The topological polar surface area (TPSA) is 20.2 Å². The Labute approximate surface area is 91.9 Å². The second-order valence-electron chi connectivity index (χ2n) is 2.97. The minimum Gasteiger partial charge on any atom is -0.383 e. The molecule has 0 fully saturated rings. The van der Waals surface area contributed by atoms with Crippen LogP contribution in [-0.4, -0.2) is 17.4 Å². The Bertz CT molecular complexity index is 350. The molecular formula is C9H7BrF4O. The Hall–Kier alpha value is -0.620. The van der Waals surface area contributed by atoms with Crippen LogP contribution in [-0.2, 0) is 6.42 Å². The minimum absolute atomic E-state index is 0.0479. The second-order valence-corrected chi connectivity index (χ2v) is 3.77. The van der Waals surface area contributed by atoms with E-state index in [1.165, 1.54) is 12.1 Å². The van der Waals surface area contributed by atoms with E-state index < -0.39 is 24.5 Å². The number of hydrogen-bond acceptors (Lipinski definition) is 1. The molecule has 1 unspecified atom stereocenters. The molecule has 0 amide bonds. The third kappa shape index (κ3) is 3.17. The van der Waals surface area contributed by atoms with Crippen LogP contribution in [0.25, 0.3) is 0 Å². The van der Waals surface area contributed by atoms with Gasteiger partial charge in [0.2, 0.25) is 0 Å². The Kier molecular flexibility index (Phi) is 3.72. The fourth-order valence-electron chi connectivity index (χ4n) is 1.03. The fourth-order valence-corrected chi connectivity index (χ4v) is 1.46. The van der Waals surface area contributed by atoms with E-state index in [1.54, 1.807) is 0 Å². The first-order chi connectivity index (χ1) is 6.82. The van der Waals surface area contributed by atoms with E-state index in [9.17, 15) is 17.6 Å². The number of hydrogen-bond donors (Lipinski definition) is 1. The molecule has 1 N–H and O–H groups in total. The molecule has 0 aromatic heterocycles. The van der Waals surface area contributed by atoms with Crippen molar-refractivity contribution in [2.24, 2.45) is 0 Å². The van der Waals surface area contributed by atoms with Gasteiger partial charge in [-0.2, -0.15) is 13.2 Å². The molecule has 1 aromatic rings. The van der Waals surface area contributed by atoms with E-state index in [0.717, 1.165) is 6.07 Å². The Morgan fingerprint density at radius 1 is 1.33 bits per heavy atom. The van der Waals surface area contributed by atoms with Crippen molar-refractivity contribution in [3.8, 4) is 0 Å². The summed E-state index contributed by atoms with van der Waals surface area (Å²) in [4.78, 5) is 0. The second kappa shape index (κ2) is 4.49. The predicted octanol–water partition coefficient (Wildman–Crippen LogP) is 3.05. The number of aliphatic hydroxyl groups excluding tert-OH is 1. The van der Waals surface area contributed by atoms with Gasteiger partial charge in [-0.15, -0.1) is 0 Å². The van der Waals surface area contributed by atoms with Gasteiger partial charge in [-0.05, 0) is 27.6 Å². The zero-order valence-electron chi connectivity index (χ0n) is 7.35. The van der Waals surface area contributed by atoms with Crippen molar-refractivity contribution < 1.29 is 22.7 Å². The normalized spacial score (nSPS) is 14.0. The summed E-state index contributed by atoms with van der Waals surface area (Å²) in [6, 6.07) is 3.73. The Balaban J connectivity index is 2.86. The van der Waals surface area contributed by atoms with Gasteiger partial charge in [-0.1, -0.05) is 12.1 Å². The maximum Gasteiger partial charge on any atom is 0.414 e. The van der Waals surface area contributed by atoms with Crippen LogP contribution in [0.15, 0.2) is 22.7 Å². The lowest BCUT2D eigenvalue weighted by atomic mass is 10.1. The number of halogens is 5. The summed E-state index contributed by atoms with van der Waals surface area (Å²) < 4.78 is 48.9. The Morgan fingerprint density at radius 3 is 2.47 bits per heavy atom. The van der Waals surface area contributed by atoms with Gasteiger partial charge < -0.3 is 5.11 Å². The van der Waals surface area contributed by atoms with E-state index in [0.29, 0.717) is 0 Å². The van der Waals surface area contributed by atoms with Gasteiger partial charge in [0.05, 0.1) is 4.47 Å². The minimum atomic E-state index is -4.69. The number of alkyl halides is 3. The lowest BCUT2D eigenvalue weighted by Gasteiger charge is -2.15. The highest BCUT2D eigenvalue weighted by atomic mass is 79.9. The van der Waals surface area contributed by atoms with Gasteiger partial charge in [0, 0.05) is 6.42 Å². The molecule has 0 bridgehead atoms. The van der Waals surface area contributed by atoms with Gasteiger partial charge in [0.25, 0.3) is 0 Å². The smallest absolute Gasteiger partial charge is 0.383 e. The third-order valence-corrected chi connectivity index (χ3v) is 2.71. The first-order valence-electron chi connectivity index (χ1n) is 4.00. The van der Waals surface area contributed by atoms with Gasteiger partial charge in [-0.25, -0.2) is 4.39 Å². The first-order valence-corrected chi connectivity index (χ1v) is 4.79. The maximum atomic E-state index is 12.9. The standard InChI is InChI=1S/C9H7BrF4O/c10-8-5(2-1-3-6(8)11)4-7(15)9(12,13)14/h1-3,7,15H,4H2. The van der Waals surface area contributed by atoms with E-state index in [4.69, 9.17) is 5.11 Å². The van der Waals surface area contributed by atoms with Gasteiger partial charge in [-0.3, -0.25) is 0 Å². The van der Waals surface area contributed by atoms with Crippen molar-refractivity contribution in [1.82, 2.24) is 0 Å². The highest BCUT2D eigenvalue weighted by Gasteiger charge is 2.38. The number of aliphatic hydroxyl groups is 1. The summed E-state index contributed by atoms with van der Waals surface area (Å²) in [6.07, 6.45) is -7.83. The lowest BCUT2D eigenvalue weighted by molar-refractivity contribution is -0.203. The zero-order valence-corrected chi connectivity index (χ0v) is 8.94. The molecule has 1 nitrogen and oxygen atoms in total. The molecule has 0 spiro atoms. The predicted molar refractivity (Wildman–Crippen MR) is 49.9 cm³/mol. The van der Waals surface area contributed by atoms with Gasteiger partial charge >= 0.3 is 6.18 Å². The van der Waals surface area contributed by atoms with Crippen molar-refractivity contribution in [3.05, 3.63) is 34.1 Å². The largest absolute Gasteiger partial charge is 0.414 e. The molecule has 0 radical (unpaired) electrons. The monoisotopic (exact) mass is 286 g/mol. The molecule has 1 aromatic carbocycles. The third-order valence-electron chi connectivity index (χ3n) is 1.82. The summed E-state index contributed by atoms with van der Waals surface area (Å²) in [5.74, 6) is -0.651. The zero-order chi connectivity index (χ0) is 11.6. The summed E-state index contributed by atoms with van der Waals surface area (Å²) in [5, 5.41) is 8.79. The quantitative estimate of drug-likeness (QED) is 0.829. The molecule has 0 aliphatic carbocycles. The van der Waals surface area contributed by atoms with Crippen molar-refractivity contribution in [1.29, 1.82) is 0 Å². The summed E-state index contributed by atoms with van der Waals surface area (Å²) in [5.41, 5.74) is 0.0832. The number of benzene rings is 1. The molecular weight excluding hydrogens is 280 g/mol. The molecule has 0 aliphatic heterocycles. The molecule has 84 valence electrons. The van der Waals surface area contributed by atoms with Gasteiger partial charge in [0.15, 0.2) is 6.10 Å². The van der Waals surface area contributed by atoms with Crippen LogP contribution >= 0.6 is 15.9 Å². The fraction of sp³-hybridized carbons (Fsp3) is 0.333. The molecule has 0 heterocycles. The van der Waals surface area contributed by atoms with Crippen LogP contribution in [0, 0.1) is 5.82 Å². The van der Waals surface area contributed by atoms with Crippen molar-refractivity contribution in [3.63, 3.8) is 0 Å². The van der Waals surface area contributed by atoms with Crippen LogP contribution in [0.4, 0.5) is 17.6 Å². The SMILES string of the molecule is OC(Cc1cccc(F)c1Br)C(F)(F)F. The molecule has 0 saturated carbocycles. The van der Waals surface area contributed by atoms with Crippen molar-refractivity contribution in [2.75, 3.05) is 0 Å². The highest BCUT2D eigenvalue weighted by molar-refractivity contribution is 9.10. The van der Waals surface area contributed by atoms with Crippen molar-refractivity contribution >= 4 is 15.9 Å². The van der Waals surface area contributed by atoms with Crippen LogP contribution in [0.1, 0.15) is 5.56 Å². The van der Waals surface area contributed by atoms with Crippen LogP contribution in [0.3, 0.4) is 0 Å². The highest BCUT2D eigenvalue weighted by Crippen LogP contribution is 2.27. The lowest BCUT2D eigenvalue weighted by Crippen LogP contribution is -2.30. The number of rotatable bonds is 2. The van der Waals surface area contributed by atoms with Crippen molar-refractivity contribution in [2.45, 2.75) is 18.7 Å². The molecule has 0 aliphatic rings. The van der Waals surface area contributed by atoms with E-state index in [-0.39, 0.29) is 10.0 Å². The van der Waals surface area contributed by atoms with Gasteiger partial charge in [0.1, 0.15) is 5.82 Å². The van der Waals surface area contributed by atoms with E-state index in [1.807, 2.05) is 0 Å². The summed E-state index contributed by atoms with van der Waals surface area (Å²) in [6.45, 7) is 0. The average molecular weight is 287 g/mol. The van der Waals surface area contributed by atoms with Crippen LogP contribution < -0.4 is 0 Å². The average Bonchev–Trinajstić information content (AvgIpc) is 2.11. The summed E-state index contributed by atoms with van der Waals surface area (Å²) >= 11 is 2.82. The maximum absolute atomic E-state index is 12.9. The van der Waals surface area contributed by atoms with E-state index in [2.05, 4.69) is 15.9 Å². The molecule has 0 saturated heterocycles. The summed E-state index contributed by atoms with van der Waals surface area (Å²) in [7, 11) is 0. The molecule has 6 heteroatoms. The first kappa shape index (κ1) is 12.4. The molecule has 15 heavy (non-hydrogen) atoms. The molecule has 1 atom stereocenters. The van der Waals surface area contributed by atoms with Crippen LogP contribution in [0.2, 0.25) is 0 Å². The Morgan fingerprint density at radius 2 is 1.93 bits per heavy atom. The molecule has 1 rings (SSSR count).